The Kier molecular flexibility index (Phi) is 4.72. The van der Waals surface area contributed by atoms with E-state index in [2.05, 4.69) is 9.97 Å². The number of hydrogen-bond acceptors (Lipinski definition) is 5. The summed E-state index contributed by atoms with van der Waals surface area (Å²) < 4.78 is 15.5. The third-order valence-electron chi connectivity index (χ3n) is 4.80. The lowest BCUT2D eigenvalue weighted by Gasteiger charge is -2.06. The molecular weight excluding hydrogens is 397 g/mol. The van der Waals surface area contributed by atoms with E-state index < -0.39 is 0 Å². The van der Waals surface area contributed by atoms with Gasteiger partial charge in [0.05, 0.1) is 22.5 Å². The standard InChI is InChI=1S/C23H16FN5S/c1-30-23-26-13-11-18(27-23)21-20-6-2-5-19(16-4-3-12-25-14-16)29(20)28-22(21)15-7-9-17(24)10-8-15/h2-14H,1H3. The van der Waals surface area contributed by atoms with Crippen LogP contribution in [0.5, 0.6) is 0 Å². The highest BCUT2D eigenvalue weighted by Gasteiger charge is 2.20. The monoisotopic (exact) mass is 413 g/mol. The highest BCUT2D eigenvalue weighted by atomic mass is 32.2. The second-order valence-corrected chi connectivity index (χ2v) is 7.38. The van der Waals surface area contributed by atoms with Crippen molar-refractivity contribution in [2.24, 2.45) is 0 Å². The van der Waals surface area contributed by atoms with Crippen LogP contribution in [0, 0.1) is 5.82 Å². The van der Waals surface area contributed by atoms with Crippen LogP contribution in [0.4, 0.5) is 4.39 Å². The van der Waals surface area contributed by atoms with Crippen molar-refractivity contribution in [2.45, 2.75) is 5.16 Å². The summed E-state index contributed by atoms with van der Waals surface area (Å²) in [4.78, 5) is 13.2. The van der Waals surface area contributed by atoms with E-state index in [9.17, 15) is 4.39 Å². The maximum Gasteiger partial charge on any atom is 0.187 e. The molecule has 5 rings (SSSR count). The molecule has 0 spiro atoms. The van der Waals surface area contributed by atoms with Crippen molar-refractivity contribution < 1.29 is 4.39 Å². The molecule has 146 valence electrons. The normalized spacial score (nSPS) is 11.1. The Labute approximate surface area is 176 Å². The van der Waals surface area contributed by atoms with E-state index in [-0.39, 0.29) is 5.82 Å². The third-order valence-corrected chi connectivity index (χ3v) is 5.37. The Bertz CT molecular complexity index is 1330. The summed E-state index contributed by atoms with van der Waals surface area (Å²) in [6.07, 6.45) is 7.24. The van der Waals surface area contributed by atoms with Crippen LogP contribution in [0.3, 0.4) is 0 Å². The van der Waals surface area contributed by atoms with Crippen molar-refractivity contribution in [2.75, 3.05) is 6.26 Å². The molecule has 5 aromatic rings. The molecule has 0 bridgehead atoms. The highest BCUT2D eigenvalue weighted by molar-refractivity contribution is 7.98. The van der Waals surface area contributed by atoms with Gasteiger partial charge >= 0.3 is 0 Å². The topological polar surface area (TPSA) is 56.0 Å². The van der Waals surface area contributed by atoms with E-state index in [0.29, 0.717) is 5.16 Å². The molecule has 0 aliphatic heterocycles. The smallest absolute Gasteiger partial charge is 0.187 e. The molecule has 0 atom stereocenters. The zero-order chi connectivity index (χ0) is 20.5. The molecule has 0 fully saturated rings. The molecule has 5 nitrogen and oxygen atoms in total. The van der Waals surface area contributed by atoms with Gasteiger partial charge in [0, 0.05) is 29.7 Å². The predicted molar refractivity (Wildman–Crippen MR) is 117 cm³/mol. The number of nitrogens with zero attached hydrogens (tertiary/aromatic N) is 5. The lowest BCUT2D eigenvalue weighted by molar-refractivity contribution is 0.628. The zero-order valence-corrected chi connectivity index (χ0v) is 16.8. The molecule has 0 unspecified atom stereocenters. The number of benzene rings is 1. The van der Waals surface area contributed by atoms with Gasteiger partial charge < -0.3 is 0 Å². The number of hydrogen-bond donors (Lipinski definition) is 0. The van der Waals surface area contributed by atoms with Crippen LogP contribution in [0.1, 0.15) is 0 Å². The van der Waals surface area contributed by atoms with Gasteiger partial charge in [-0.25, -0.2) is 18.9 Å². The van der Waals surface area contributed by atoms with Crippen LogP contribution < -0.4 is 0 Å². The van der Waals surface area contributed by atoms with Gasteiger partial charge in [0.2, 0.25) is 0 Å². The van der Waals surface area contributed by atoms with Crippen molar-refractivity contribution in [1.29, 1.82) is 0 Å². The first kappa shape index (κ1) is 18.4. The Hall–Kier alpha value is -3.58. The molecule has 4 heterocycles. The minimum Gasteiger partial charge on any atom is -0.264 e. The quantitative estimate of drug-likeness (QED) is 0.292. The number of halogens is 1. The van der Waals surface area contributed by atoms with Crippen molar-refractivity contribution >= 4 is 17.3 Å². The molecule has 0 N–H and O–H groups in total. The molecular formula is C23H16FN5S. The average molecular weight is 413 g/mol. The first-order valence-corrected chi connectivity index (χ1v) is 10.5. The van der Waals surface area contributed by atoms with Gasteiger partial charge in [0.15, 0.2) is 5.16 Å². The number of thioether (sulfide) groups is 1. The molecule has 0 radical (unpaired) electrons. The van der Waals surface area contributed by atoms with Crippen molar-refractivity contribution in [3.8, 4) is 33.8 Å². The molecule has 0 saturated carbocycles. The van der Waals surface area contributed by atoms with Crippen LogP contribution >= 0.6 is 11.8 Å². The van der Waals surface area contributed by atoms with E-state index in [4.69, 9.17) is 10.1 Å². The van der Waals surface area contributed by atoms with Gasteiger partial charge in [-0.1, -0.05) is 17.8 Å². The Morgan fingerprint density at radius 1 is 0.900 bits per heavy atom. The van der Waals surface area contributed by atoms with Gasteiger partial charge in [-0.2, -0.15) is 5.10 Å². The summed E-state index contributed by atoms with van der Waals surface area (Å²) in [6.45, 7) is 0. The lowest BCUT2D eigenvalue weighted by Crippen LogP contribution is -1.94. The molecule has 4 aromatic heterocycles. The van der Waals surface area contributed by atoms with E-state index in [1.807, 2.05) is 53.4 Å². The second-order valence-electron chi connectivity index (χ2n) is 6.61. The Balaban J connectivity index is 1.83. The number of fused-ring (bicyclic) bond motifs is 1. The maximum atomic E-state index is 13.6. The lowest BCUT2D eigenvalue weighted by atomic mass is 10.0. The molecule has 1 aromatic carbocycles. The van der Waals surface area contributed by atoms with Gasteiger partial charge in [-0.05, 0) is 60.9 Å². The summed E-state index contributed by atoms with van der Waals surface area (Å²) in [7, 11) is 0. The van der Waals surface area contributed by atoms with Crippen LogP contribution in [-0.2, 0) is 0 Å². The highest BCUT2D eigenvalue weighted by Crippen LogP contribution is 2.36. The van der Waals surface area contributed by atoms with E-state index >= 15 is 0 Å². The third kappa shape index (κ3) is 3.23. The van der Waals surface area contributed by atoms with Crippen molar-refractivity contribution in [3.63, 3.8) is 0 Å². The van der Waals surface area contributed by atoms with Crippen molar-refractivity contribution in [3.05, 3.63) is 85.1 Å². The second kappa shape index (κ2) is 7.68. The maximum absolute atomic E-state index is 13.6. The van der Waals surface area contributed by atoms with Crippen LogP contribution in [0.2, 0.25) is 0 Å². The molecule has 30 heavy (non-hydrogen) atoms. The average Bonchev–Trinajstić information content (AvgIpc) is 3.20. The fraction of sp³-hybridized carbons (Fsp3) is 0.0435. The number of aromatic nitrogens is 5. The molecule has 0 saturated heterocycles. The molecule has 0 aliphatic carbocycles. The van der Waals surface area contributed by atoms with E-state index in [1.165, 1.54) is 23.9 Å². The van der Waals surface area contributed by atoms with Gasteiger partial charge in [0.25, 0.3) is 0 Å². The zero-order valence-electron chi connectivity index (χ0n) is 16.0. The molecule has 0 amide bonds. The SMILES string of the molecule is CSc1nccc(-c2c(-c3ccc(F)cc3)nn3c(-c4cccnc4)cccc23)n1. The summed E-state index contributed by atoms with van der Waals surface area (Å²) >= 11 is 1.48. The van der Waals surface area contributed by atoms with Gasteiger partial charge in [0.1, 0.15) is 11.5 Å². The fourth-order valence-corrected chi connectivity index (χ4v) is 3.80. The Morgan fingerprint density at radius 3 is 2.53 bits per heavy atom. The van der Waals surface area contributed by atoms with Crippen LogP contribution in [0.25, 0.3) is 39.3 Å². The van der Waals surface area contributed by atoms with Gasteiger partial charge in [-0.3, -0.25) is 4.98 Å². The Morgan fingerprint density at radius 2 is 1.77 bits per heavy atom. The van der Waals surface area contributed by atoms with Gasteiger partial charge in [-0.15, -0.1) is 0 Å². The minimum atomic E-state index is -0.285. The van der Waals surface area contributed by atoms with Crippen LogP contribution in [0.15, 0.2) is 84.4 Å². The summed E-state index contributed by atoms with van der Waals surface area (Å²) in [6, 6.07) is 18.1. The minimum absolute atomic E-state index is 0.285. The number of rotatable bonds is 4. The largest absolute Gasteiger partial charge is 0.264 e. The van der Waals surface area contributed by atoms with Crippen LogP contribution in [-0.4, -0.2) is 30.8 Å². The summed E-state index contributed by atoms with van der Waals surface area (Å²) in [5.41, 5.74) is 5.97. The molecule has 7 heteroatoms. The number of pyridine rings is 2. The first-order chi connectivity index (χ1) is 14.7. The van der Waals surface area contributed by atoms with E-state index in [0.717, 1.165) is 39.3 Å². The summed E-state index contributed by atoms with van der Waals surface area (Å²) in [5, 5.41) is 5.60. The predicted octanol–water partition coefficient (Wildman–Crippen LogP) is 5.38. The fourth-order valence-electron chi connectivity index (χ4n) is 3.44. The van der Waals surface area contributed by atoms with Crippen molar-refractivity contribution in [1.82, 2.24) is 24.6 Å². The summed E-state index contributed by atoms with van der Waals surface area (Å²) in [5.74, 6) is -0.285. The first-order valence-electron chi connectivity index (χ1n) is 9.30. The molecule has 0 aliphatic rings. The van der Waals surface area contributed by atoms with E-state index in [1.54, 1.807) is 24.5 Å².